The first-order valence-corrected chi connectivity index (χ1v) is 6.87. The van der Waals surface area contributed by atoms with Crippen molar-refractivity contribution in [2.75, 3.05) is 5.32 Å². The van der Waals surface area contributed by atoms with Crippen molar-refractivity contribution in [3.05, 3.63) is 53.0 Å². The van der Waals surface area contributed by atoms with Crippen LogP contribution in [-0.2, 0) is 0 Å². The van der Waals surface area contributed by atoms with Gasteiger partial charge in [-0.25, -0.2) is 9.97 Å². The molecule has 1 heterocycles. The number of aromatic nitrogens is 2. The van der Waals surface area contributed by atoms with E-state index in [2.05, 4.69) is 15.3 Å². The molecule has 0 fully saturated rings. The molecule has 7 nitrogen and oxygen atoms in total. The van der Waals surface area contributed by atoms with Gasteiger partial charge in [0.2, 0.25) is 0 Å². The number of hydrogen-bond donors (Lipinski definition) is 1. The molecule has 2 rings (SSSR count). The standard InChI is InChI=1S/C17H12N6O/c1-11-7-12(2)22-17(21-11)24-15-5-3-14(4-6-15)23-16(10-20)13(8-18)9-19/h3-7,23H,1-2H3. The van der Waals surface area contributed by atoms with Crippen LogP contribution in [0.3, 0.4) is 0 Å². The van der Waals surface area contributed by atoms with E-state index in [0.717, 1.165) is 11.4 Å². The molecular weight excluding hydrogens is 304 g/mol. The van der Waals surface area contributed by atoms with Crippen LogP contribution in [0.25, 0.3) is 0 Å². The maximum atomic E-state index is 9.01. The molecule has 116 valence electrons. The SMILES string of the molecule is Cc1cc(C)nc(Oc2ccc(NC(C#N)=C(C#N)C#N)cc2)n1. The van der Waals surface area contributed by atoms with Gasteiger partial charge in [-0.2, -0.15) is 15.8 Å². The van der Waals surface area contributed by atoms with Crippen molar-refractivity contribution in [3.8, 4) is 30.0 Å². The molecule has 24 heavy (non-hydrogen) atoms. The fraction of sp³-hybridized carbons (Fsp3) is 0.118. The van der Waals surface area contributed by atoms with Gasteiger partial charge in [-0.05, 0) is 44.2 Å². The van der Waals surface area contributed by atoms with E-state index in [9.17, 15) is 0 Å². The molecule has 0 saturated carbocycles. The summed E-state index contributed by atoms with van der Waals surface area (Å²) >= 11 is 0. The highest BCUT2D eigenvalue weighted by molar-refractivity contribution is 5.59. The van der Waals surface area contributed by atoms with E-state index in [1.54, 1.807) is 42.5 Å². The van der Waals surface area contributed by atoms with Gasteiger partial charge in [0.25, 0.3) is 0 Å². The molecule has 1 N–H and O–H groups in total. The lowest BCUT2D eigenvalue weighted by atomic mass is 10.2. The largest absolute Gasteiger partial charge is 0.424 e. The molecule has 0 unspecified atom stereocenters. The Hall–Kier alpha value is -3.89. The summed E-state index contributed by atoms with van der Waals surface area (Å²) in [5.74, 6) is 0.522. The van der Waals surface area contributed by atoms with Crippen molar-refractivity contribution in [1.29, 1.82) is 15.8 Å². The van der Waals surface area contributed by atoms with Gasteiger partial charge in [-0.3, -0.25) is 0 Å². The minimum Gasteiger partial charge on any atom is -0.424 e. The Balaban J connectivity index is 2.17. The number of hydrogen-bond acceptors (Lipinski definition) is 7. The summed E-state index contributed by atoms with van der Waals surface area (Å²) in [5.41, 5.74) is 1.77. The Labute approximate surface area is 139 Å². The predicted molar refractivity (Wildman–Crippen MR) is 85.5 cm³/mol. The second kappa shape index (κ2) is 7.40. The first kappa shape index (κ1) is 16.5. The van der Waals surface area contributed by atoms with Crippen LogP contribution in [0, 0.1) is 47.8 Å². The van der Waals surface area contributed by atoms with Gasteiger partial charge in [0.05, 0.1) is 0 Å². The molecule has 7 heteroatoms. The molecule has 0 bridgehead atoms. The minimum atomic E-state index is -0.276. The predicted octanol–water partition coefficient (Wildman–Crippen LogP) is 3.12. The fourth-order valence-corrected chi connectivity index (χ4v) is 1.88. The summed E-state index contributed by atoms with van der Waals surface area (Å²) in [6.07, 6.45) is 0. The van der Waals surface area contributed by atoms with Gasteiger partial charge >= 0.3 is 6.01 Å². The summed E-state index contributed by atoms with van der Waals surface area (Å²) in [6.45, 7) is 3.71. The summed E-state index contributed by atoms with van der Waals surface area (Å²) in [7, 11) is 0. The molecule has 0 saturated heterocycles. The number of anilines is 1. The molecular formula is C17H12N6O. The molecule has 0 aliphatic carbocycles. The average Bonchev–Trinajstić information content (AvgIpc) is 2.55. The Morgan fingerprint density at radius 2 is 1.54 bits per heavy atom. The van der Waals surface area contributed by atoms with Gasteiger partial charge < -0.3 is 10.1 Å². The van der Waals surface area contributed by atoms with E-state index in [-0.39, 0.29) is 17.3 Å². The first-order valence-electron chi connectivity index (χ1n) is 6.87. The summed E-state index contributed by atoms with van der Waals surface area (Å²) in [5, 5.41) is 29.3. The van der Waals surface area contributed by atoms with Gasteiger partial charge in [-0.15, -0.1) is 0 Å². The topological polar surface area (TPSA) is 118 Å². The van der Waals surface area contributed by atoms with Crippen molar-refractivity contribution in [2.45, 2.75) is 13.8 Å². The summed E-state index contributed by atoms with van der Waals surface area (Å²) < 4.78 is 5.58. The van der Waals surface area contributed by atoms with Crippen LogP contribution in [0.5, 0.6) is 11.8 Å². The summed E-state index contributed by atoms with van der Waals surface area (Å²) in [4.78, 5) is 8.37. The Bertz CT molecular complexity index is 874. The van der Waals surface area contributed by atoms with Crippen LogP contribution in [-0.4, -0.2) is 9.97 Å². The normalized spacial score (nSPS) is 9.12. The molecule has 0 atom stereocenters. The van der Waals surface area contributed by atoms with Crippen LogP contribution >= 0.6 is 0 Å². The molecule has 0 aliphatic heterocycles. The van der Waals surface area contributed by atoms with Crippen LogP contribution in [0.15, 0.2) is 41.6 Å². The lowest BCUT2D eigenvalue weighted by Gasteiger charge is -2.08. The van der Waals surface area contributed by atoms with E-state index in [1.807, 2.05) is 19.9 Å². The van der Waals surface area contributed by atoms with E-state index < -0.39 is 0 Å². The maximum absolute atomic E-state index is 9.01. The summed E-state index contributed by atoms with van der Waals surface area (Å²) in [6, 6.07) is 13.9. The van der Waals surface area contributed by atoms with Crippen LogP contribution in [0.4, 0.5) is 5.69 Å². The quantitative estimate of drug-likeness (QED) is 0.860. The molecule has 0 spiro atoms. The zero-order chi connectivity index (χ0) is 17.5. The smallest absolute Gasteiger partial charge is 0.322 e. The van der Waals surface area contributed by atoms with E-state index in [0.29, 0.717) is 11.4 Å². The highest BCUT2D eigenvalue weighted by Gasteiger charge is 2.07. The number of rotatable bonds is 4. The maximum Gasteiger partial charge on any atom is 0.322 e. The van der Waals surface area contributed by atoms with Crippen LogP contribution < -0.4 is 10.1 Å². The fourth-order valence-electron chi connectivity index (χ4n) is 1.88. The third-order valence-electron chi connectivity index (χ3n) is 2.88. The number of nitrogens with zero attached hydrogens (tertiary/aromatic N) is 5. The molecule has 2 aromatic rings. The van der Waals surface area contributed by atoms with E-state index in [1.165, 1.54) is 0 Å². The van der Waals surface area contributed by atoms with E-state index in [4.69, 9.17) is 20.5 Å². The van der Waals surface area contributed by atoms with Crippen molar-refractivity contribution in [2.24, 2.45) is 0 Å². The minimum absolute atomic E-state index is 0.105. The third kappa shape index (κ3) is 4.07. The number of benzene rings is 1. The second-order valence-electron chi connectivity index (χ2n) is 4.77. The Morgan fingerprint density at radius 3 is 2.04 bits per heavy atom. The highest BCUT2D eigenvalue weighted by Crippen LogP contribution is 2.22. The van der Waals surface area contributed by atoms with Crippen molar-refractivity contribution < 1.29 is 4.74 Å². The first-order chi connectivity index (χ1) is 11.5. The third-order valence-corrected chi connectivity index (χ3v) is 2.88. The van der Waals surface area contributed by atoms with Crippen molar-refractivity contribution >= 4 is 5.69 Å². The lowest BCUT2D eigenvalue weighted by molar-refractivity contribution is 0.439. The number of allylic oxidation sites excluding steroid dienone is 2. The molecule has 1 aromatic heterocycles. The van der Waals surface area contributed by atoms with Crippen molar-refractivity contribution in [3.63, 3.8) is 0 Å². The number of ether oxygens (including phenoxy) is 1. The average molecular weight is 316 g/mol. The van der Waals surface area contributed by atoms with Gasteiger partial charge in [0.15, 0.2) is 5.57 Å². The van der Waals surface area contributed by atoms with Gasteiger partial charge in [0, 0.05) is 17.1 Å². The zero-order valence-corrected chi connectivity index (χ0v) is 13.0. The number of aryl methyl sites for hydroxylation is 2. The second-order valence-corrected chi connectivity index (χ2v) is 4.77. The van der Waals surface area contributed by atoms with Gasteiger partial charge in [0.1, 0.15) is 29.7 Å². The van der Waals surface area contributed by atoms with Gasteiger partial charge in [-0.1, -0.05) is 0 Å². The number of nitrogens with one attached hydrogen (secondary N) is 1. The monoisotopic (exact) mass is 316 g/mol. The zero-order valence-electron chi connectivity index (χ0n) is 13.0. The Kier molecular flexibility index (Phi) is 5.08. The molecule has 1 aromatic carbocycles. The number of nitriles is 3. The van der Waals surface area contributed by atoms with Crippen LogP contribution in [0.1, 0.15) is 11.4 Å². The molecule has 0 aliphatic rings. The molecule has 0 amide bonds. The molecule has 0 radical (unpaired) electrons. The highest BCUT2D eigenvalue weighted by atomic mass is 16.5. The Morgan fingerprint density at radius 1 is 0.958 bits per heavy atom. The van der Waals surface area contributed by atoms with Crippen LogP contribution in [0.2, 0.25) is 0 Å². The van der Waals surface area contributed by atoms with E-state index >= 15 is 0 Å². The van der Waals surface area contributed by atoms with Crippen molar-refractivity contribution in [1.82, 2.24) is 9.97 Å². The lowest BCUT2D eigenvalue weighted by Crippen LogP contribution is -2.00.